The Balaban J connectivity index is 2.59. The van der Waals surface area contributed by atoms with Gasteiger partial charge >= 0.3 is 0 Å². The molecule has 0 fully saturated rings. The maximum absolute atomic E-state index is 12.9. The van der Waals surface area contributed by atoms with Crippen molar-refractivity contribution < 1.29 is 4.39 Å². The summed E-state index contributed by atoms with van der Waals surface area (Å²) in [5.41, 5.74) is 3.79. The maximum atomic E-state index is 12.9. The molecule has 0 aromatic heterocycles. The zero-order chi connectivity index (χ0) is 12.0. The van der Waals surface area contributed by atoms with Crippen molar-refractivity contribution in [3.05, 3.63) is 34.6 Å². The molecule has 0 spiro atoms. The fourth-order valence-electron chi connectivity index (χ4n) is 1.65. The van der Waals surface area contributed by atoms with E-state index in [0.717, 1.165) is 31.2 Å². The van der Waals surface area contributed by atoms with E-state index in [0.29, 0.717) is 0 Å². The van der Waals surface area contributed by atoms with Gasteiger partial charge in [0.1, 0.15) is 5.82 Å². The smallest absolute Gasteiger partial charge is 0.141 e. The molecule has 3 N–H and O–H groups in total. The SMILES string of the molecule is CCCCC(Cc1ccc(F)c(Cl)c1)NN. The van der Waals surface area contributed by atoms with Gasteiger partial charge in [0.15, 0.2) is 0 Å². The summed E-state index contributed by atoms with van der Waals surface area (Å²) in [7, 11) is 0. The summed E-state index contributed by atoms with van der Waals surface area (Å²) in [5, 5.41) is 0.170. The first kappa shape index (κ1) is 13.4. The lowest BCUT2D eigenvalue weighted by Crippen LogP contribution is -2.36. The molecule has 0 saturated heterocycles. The predicted octanol–water partition coefficient (Wildman–Crippen LogP) is 3.04. The molecule has 1 aromatic carbocycles. The summed E-state index contributed by atoms with van der Waals surface area (Å²) in [4.78, 5) is 0. The Labute approximate surface area is 101 Å². The highest BCUT2D eigenvalue weighted by Gasteiger charge is 2.08. The van der Waals surface area contributed by atoms with E-state index >= 15 is 0 Å². The zero-order valence-electron chi connectivity index (χ0n) is 9.47. The summed E-state index contributed by atoms with van der Waals surface area (Å²) in [6.07, 6.45) is 4.06. The molecule has 0 aliphatic rings. The molecule has 1 atom stereocenters. The minimum atomic E-state index is -0.378. The predicted molar refractivity (Wildman–Crippen MR) is 65.8 cm³/mol. The highest BCUT2D eigenvalue weighted by molar-refractivity contribution is 6.30. The molecule has 0 bridgehead atoms. The van der Waals surface area contributed by atoms with Crippen LogP contribution >= 0.6 is 11.6 Å². The van der Waals surface area contributed by atoms with Gasteiger partial charge in [-0.25, -0.2) is 4.39 Å². The molecule has 4 heteroatoms. The minimum absolute atomic E-state index is 0.170. The van der Waals surface area contributed by atoms with Crippen molar-refractivity contribution in [2.45, 2.75) is 38.6 Å². The minimum Gasteiger partial charge on any atom is -0.271 e. The van der Waals surface area contributed by atoms with Gasteiger partial charge in [0.2, 0.25) is 0 Å². The van der Waals surface area contributed by atoms with Crippen LogP contribution in [0.3, 0.4) is 0 Å². The van der Waals surface area contributed by atoms with E-state index in [9.17, 15) is 4.39 Å². The number of benzene rings is 1. The van der Waals surface area contributed by atoms with Crippen LogP contribution in [-0.4, -0.2) is 6.04 Å². The number of hydrogen-bond acceptors (Lipinski definition) is 2. The van der Waals surface area contributed by atoms with E-state index in [1.54, 1.807) is 12.1 Å². The summed E-state index contributed by atoms with van der Waals surface area (Å²) in [6, 6.07) is 5.02. The first-order valence-electron chi connectivity index (χ1n) is 5.57. The average Bonchev–Trinajstić information content (AvgIpc) is 2.29. The van der Waals surface area contributed by atoms with Gasteiger partial charge in [0.25, 0.3) is 0 Å². The maximum Gasteiger partial charge on any atom is 0.141 e. The molecule has 0 heterocycles. The second-order valence-electron chi connectivity index (χ2n) is 3.96. The van der Waals surface area contributed by atoms with Crippen molar-refractivity contribution in [3.8, 4) is 0 Å². The molecule has 16 heavy (non-hydrogen) atoms. The van der Waals surface area contributed by atoms with Crippen molar-refractivity contribution in [1.82, 2.24) is 5.43 Å². The average molecular weight is 245 g/mol. The highest BCUT2D eigenvalue weighted by Crippen LogP contribution is 2.17. The van der Waals surface area contributed by atoms with Gasteiger partial charge in [-0.1, -0.05) is 37.4 Å². The Hall–Kier alpha value is -0.640. The third-order valence-corrected chi connectivity index (χ3v) is 2.90. The summed E-state index contributed by atoms with van der Waals surface area (Å²) in [6.45, 7) is 2.14. The molecule has 0 amide bonds. The Kier molecular flexibility index (Phi) is 5.74. The molecule has 0 aliphatic heterocycles. The van der Waals surface area contributed by atoms with Gasteiger partial charge in [0.05, 0.1) is 5.02 Å². The third-order valence-electron chi connectivity index (χ3n) is 2.61. The van der Waals surface area contributed by atoms with Crippen molar-refractivity contribution in [1.29, 1.82) is 0 Å². The summed E-state index contributed by atoms with van der Waals surface area (Å²) < 4.78 is 12.9. The fraction of sp³-hybridized carbons (Fsp3) is 0.500. The number of nitrogens with two attached hydrogens (primary N) is 1. The Morgan fingerprint density at radius 1 is 1.50 bits per heavy atom. The van der Waals surface area contributed by atoms with Gasteiger partial charge in [-0.2, -0.15) is 0 Å². The van der Waals surface area contributed by atoms with Crippen molar-refractivity contribution in [3.63, 3.8) is 0 Å². The van der Waals surface area contributed by atoms with Crippen LogP contribution in [0, 0.1) is 5.82 Å². The van der Waals surface area contributed by atoms with Crippen molar-refractivity contribution >= 4 is 11.6 Å². The van der Waals surface area contributed by atoms with Crippen LogP contribution in [-0.2, 0) is 6.42 Å². The molecule has 1 rings (SSSR count). The second kappa shape index (κ2) is 6.84. The number of halogens is 2. The van der Waals surface area contributed by atoms with Crippen LogP contribution < -0.4 is 11.3 Å². The van der Waals surface area contributed by atoms with Gasteiger partial charge in [-0.05, 0) is 30.5 Å². The largest absolute Gasteiger partial charge is 0.271 e. The lowest BCUT2D eigenvalue weighted by Gasteiger charge is -2.15. The van der Waals surface area contributed by atoms with Crippen LogP contribution in [0.1, 0.15) is 31.7 Å². The summed E-state index contributed by atoms with van der Waals surface area (Å²) >= 11 is 5.72. The molecule has 90 valence electrons. The van der Waals surface area contributed by atoms with Crippen LogP contribution in [0.2, 0.25) is 5.02 Å². The normalized spacial score (nSPS) is 12.8. The topological polar surface area (TPSA) is 38.0 Å². The molecule has 1 aromatic rings. The Bertz CT molecular complexity index is 331. The summed E-state index contributed by atoms with van der Waals surface area (Å²) in [5.74, 6) is 5.09. The van der Waals surface area contributed by atoms with Crippen molar-refractivity contribution in [2.75, 3.05) is 0 Å². The first-order valence-corrected chi connectivity index (χ1v) is 5.95. The molecule has 1 unspecified atom stereocenters. The van der Waals surface area contributed by atoms with Gasteiger partial charge in [0, 0.05) is 6.04 Å². The van der Waals surface area contributed by atoms with E-state index in [2.05, 4.69) is 12.3 Å². The van der Waals surface area contributed by atoms with Crippen LogP contribution in [0.4, 0.5) is 4.39 Å². The van der Waals surface area contributed by atoms with E-state index < -0.39 is 0 Å². The molecule has 0 aliphatic carbocycles. The third kappa shape index (κ3) is 4.08. The Morgan fingerprint density at radius 3 is 2.81 bits per heavy atom. The molecule has 0 radical (unpaired) electrons. The number of hydrogen-bond donors (Lipinski definition) is 2. The van der Waals surface area contributed by atoms with Crippen LogP contribution in [0.15, 0.2) is 18.2 Å². The number of rotatable bonds is 6. The molecule has 0 saturated carbocycles. The van der Waals surface area contributed by atoms with Crippen molar-refractivity contribution in [2.24, 2.45) is 5.84 Å². The highest BCUT2D eigenvalue weighted by atomic mass is 35.5. The molecular weight excluding hydrogens is 227 g/mol. The van der Waals surface area contributed by atoms with E-state index in [4.69, 9.17) is 17.4 Å². The zero-order valence-corrected chi connectivity index (χ0v) is 10.2. The lowest BCUT2D eigenvalue weighted by atomic mass is 10.0. The lowest BCUT2D eigenvalue weighted by molar-refractivity contribution is 0.473. The van der Waals surface area contributed by atoms with Crippen LogP contribution in [0.25, 0.3) is 0 Å². The van der Waals surface area contributed by atoms with E-state index in [-0.39, 0.29) is 16.9 Å². The fourth-order valence-corrected chi connectivity index (χ4v) is 1.85. The number of unbranched alkanes of at least 4 members (excludes halogenated alkanes) is 1. The molecule has 2 nitrogen and oxygen atoms in total. The number of nitrogens with one attached hydrogen (secondary N) is 1. The monoisotopic (exact) mass is 244 g/mol. The first-order chi connectivity index (χ1) is 7.67. The number of hydrazine groups is 1. The van der Waals surface area contributed by atoms with E-state index in [1.165, 1.54) is 6.07 Å². The van der Waals surface area contributed by atoms with Crippen LogP contribution in [0.5, 0.6) is 0 Å². The van der Waals surface area contributed by atoms with Gasteiger partial charge < -0.3 is 0 Å². The quantitative estimate of drug-likeness (QED) is 0.596. The Morgan fingerprint density at radius 2 is 2.25 bits per heavy atom. The van der Waals surface area contributed by atoms with E-state index in [1.807, 2.05) is 0 Å². The molecular formula is C12H18ClFN2. The second-order valence-corrected chi connectivity index (χ2v) is 4.37. The van der Waals surface area contributed by atoms with Gasteiger partial charge in [-0.15, -0.1) is 0 Å². The standard InChI is InChI=1S/C12H18ClFN2/c1-2-3-4-10(16-15)7-9-5-6-12(14)11(13)8-9/h5-6,8,10,16H,2-4,7,15H2,1H3. The van der Waals surface area contributed by atoms with Gasteiger partial charge in [-0.3, -0.25) is 11.3 Å².